The SMILES string of the molecule is O=C1CCC(N2Cc3ccc(CN4CCC(N5CCN(c6noc7cc(F)ccc67)CC5)CC4)cc3C2=O)C(=O)N1. The fraction of sp³-hybridized carbons (Fsp3) is 0.467. The van der Waals surface area contributed by atoms with E-state index in [1.165, 1.54) is 12.1 Å². The molecule has 1 aromatic heterocycles. The molecule has 0 aliphatic carbocycles. The number of piperidine rings is 2. The highest BCUT2D eigenvalue weighted by atomic mass is 19.1. The molecule has 3 aromatic rings. The first-order chi connectivity index (χ1) is 19.9. The Labute approximate surface area is 237 Å². The lowest BCUT2D eigenvalue weighted by Gasteiger charge is -2.42. The number of likely N-dealkylation sites (tertiary alicyclic amines) is 1. The largest absolute Gasteiger partial charge is 0.354 e. The van der Waals surface area contributed by atoms with Crippen molar-refractivity contribution in [3.05, 3.63) is 58.9 Å². The number of halogens is 1. The van der Waals surface area contributed by atoms with Crippen molar-refractivity contribution in [2.24, 2.45) is 0 Å². The molecule has 214 valence electrons. The first-order valence-electron chi connectivity index (χ1n) is 14.5. The molecular weight excluding hydrogens is 527 g/mol. The van der Waals surface area contributed by atoms with Crippen LogP contribution in [0.25, 0.3) is 11.0 Å². The minimum atomic E-state index is -0.586. The lowest BCUT2D eigenvalue weighted by atomic mass is 10.0. The number of hydrogen-bond acceptors (Lipinski definition) is 8. The minimum Gasteiger partial charge on any atom is -0.354 e. The quantitative estimate of drug-likeness (QED) is 0.475. The van der Waals surface area contributed by atoms with E-state index in [0.717, 1.165) is 81.0 Å². The van der Waals surface area contributed by atoms with Crippen molar-refractivity contribution >= 4 is 34.5 Å². The Balaban J connectivity index is 0.914. The standard InChI is InChI=1S/C30H33FN6O4/c31-21-3-4-23-26(16-21)41-33-28(23)36-13-11-35(12-14-36)22-7-9-34(10-8-22)17-19-1-2-20-18-37(30(40)24(20)15-19)25-5-6-27(38)32-29(25)39/h1-4,15-16,22,25H,5-14,17-18H2,(H,32,38,39). The van der Waals surface area contributed by atoms with Gasteiger partial charge in [0.15, 0.2) is 11.4 Å². The average molecular weight is 561 g/mol. The van der Waals surface area contributed by atoms with Crippen LogP contribution in [0.4, 0.5) is 10.2 Å². The summed E-state index contributed by atoms with van der Waals surface area (Å²) in [6, 6.07) is 10.6. The van der Waals surface area contributed by atoms with Crippen molar-refractivity contribution in [3.63, 3.8) is 0 Å². The van der Waals surface area contributed by atoms with Gasteiger partial charge in [-0.3, -0.25) is 29.5 Å². The first kappa shape index (κ1) is 26.1. The number of anilines is 1. The van der Waals surface area contributed by atoms with E-state index in [9.17, 15) is 18.8 Å². The number of fused-ring (bicyclic) bond motifs is 2. The van der Waals surface area contributed by atoms with Gasteiger partial charge in [-0.05, 0) is 61.7 Å². The zero-order valence-corrected chi connectivity index (χ0v) is 22.9. The van der Waals surface area contributed by atoms with E-state index in [-0.39, 0.29) is 30.0 Å². The molecule has 3 fully saturated rings. The van der Waals surface area contributed by atoms with Crippen molar-refractivity contribution in [1.29, 1.82) is 0 Å². The maximum Gasteiger partial charge on any atom is 0.255 e. The van der Waals surface area contributed by atoms with Crippen molar-refractivity contribution in [1.82, 2.24) is 25.2 Å². The Hall–Kier alpha value is -3.83. The third-order valence-electron chi connectivity index (χ3n) is 9.10. The Kier molecular flexibility index (Phi) is 6.70. The van der Waals surface area contributed by atoms with Crippen LogP contribution in [0.1, 0.15) is 47.2 Å². The molecule has 11 heteroatoms. The predicted molar refractivity (Wildman–Crippen MR) is 149 cm³/mol. The summed E-state index contributed by atoms with van der Waals surface area (Å²) in [5.74, 6) is -0.307. The maximum atomic E-state index is 13.5. The zero-order chi connectivity index (χ0) is 28.1. The molecule has 41 heavy (non-hydrogen) atoms. The highest BCUT2D eigenvalue weighted by Crippen LogP contribution is 2.30. The number of benzene rings is 2. The number of aromatic nitrogens is 1. The third-order valence-corrected chi connectivity index (χ3v) is 9.10. The molecule has 3 amide bonds. The summed E-state index contributed by atoms with van der Waals surface area (Å²) < 4.78 is 18.9. The molecule has 2 aromatic carbocycles. The second kappa shape index (κ2) is 10.5. The fourth-order valence-corrected chi connectivity index (χ4v) is 6.83. The molecule has 3 saturated heterocycles. The second-order valence-electron chi connectivity index (χ2n) is 11.6. The average Bonchev–Trinajstić information content (AvgIpc) is 3.54. The van der Waals surface area contributed by atoms with Gasteiger partial charge >= 0.3 is 0 Å². The molecule has 0 radical (unpaired) electrons. The van der Waals surface area contributed by atoms with Crippen molar-refractivity contribution in [3.8, 4) is 0 Å². The summed E-state index contributed by atoms with van der Waals surface area (Å²) in [6.45, 7) is 6.82. The van der Waals surface area contributed by atoms with Gasteiger partial charge in [-0.2, -0.15) is 0 Å². The predicted octanol–water partition coefficient (Wildman–Crippen LogP) is 2.51. The molecule has 0 saturated carbocycles. The number of carbonyl (C=O) groups is 3. The van der Waals surface area contributed by atoms with Crippen LogP contribution in [0.2, 0.25) is 0 Å². The van der Waals surface area contributed by atoms with Gasteiger partial charge in [0.25, 0.3) is 5.91 Å². The molecule has 0 bridgehead atoms. The van der Waals surface area contributed by atoms with E-state index in [1.54, 1.807) is 11.0 Å². The van der Waals surface area contributed by atoms with Crippen LogP contribution in [0.15, 0.2) is 40.9 Å². The Morgan fingerprint density at radius 3 is 2.54 bits per heavy atom. The van der Waals surface area contributed by atoms with E-state index < -0.39 is 6.04 Å². The highest BCUT2D eigenvalue weighted by molar-refractivity contribution is 6.05. The molecule has 0 spiro atoms. The van der Waals surface area contributed by atoms with E-state index >= 15 is 0 Å². The summed E-state index contributed by atoms with van der Waals surface area (Å²) in [4.78, 5) is 45.9. The van der Waals surface area contributed by atoms with Crippen LogP contribution >= 0.6 is 0 Å². The van der Waals surface area contributed by atoms with Crippen LogP contribution in [0.3, 0.4) is 0 Å². The number of piperazine rings is 1. The summed E-state index contributed by atoms with van der Waals surface area (Å²) in [5.41, 5.74) is 3.19. The highest BCUT2D eigenvalue weighted by Gasteiger charge is 2.39. The van der Waals surface area contributed by atoms with Crippen molar-refractivity contribution in [2.75, 3.05) is 44.2 Å². The lowest BCUT2D eigenvalue weighted by molar-refractivity contribution is -0.136. The van der Waals surface area contributed by atoms with Crippen LogP contribution in [0.5, 0.6) is 0 Å². The maximum absolute atomic E-state index is 13.5. The number of nitrogens with zero attached hydrogens (tertiary/aromatic N) is 5. The Morgan fingerprint density at radius 1 is 0.951 bits per heavy atom. The van der Waals surface area contributed by atoms with Gasteiger partial charge in [-0.25, -0.2) is 4.39 Å². The molecule has 4 aliphatic heterocycles. The first-order valence-corrected chi connectivity index (χ1v) is 14.5. The Morgan fingerprint density at radius 2 is 1.76 bits per heavy atom. The fourth-order valence-electron chi connectivity index (χ4n) is 6.83. The van der Waals surface area contributed by atoms with Crippen LogP contribution in [-0.2, 0) is 22.7 Å². The molecule has 7 rings (SSSR count). The van der Waals surface area contributed by atoms with E-state index in [2.05, 4.69) is 31.2 Å². The van der Waals surface area contributed by atoms with Gasteiger partial charge in [0, 0.05) is 63.4 Å². The molecule has 1 N–H and O–H groups in total. The topological polar surface area (TPSA) is 102 Å². The number of nitrogens with one attached hydrogen (secondary N) is 1. The van der Waals surface area contributed by atoms with Gasteiger partial charge in [0.05, 0.1) is 5.39 Å². The molecule has 5 heterocycles. The normalized spacial score (nSPS) is 23.0. The summed E-state index contributed by atoms with van der Waals surface area (Å²) >= 11 is 0. The summed E-state index contributed by atoms with van der Waals surface area (Å²) in [7, 11) is 0. The lowest BCUT2D eigenvalue weighted by Crippen LogP contribution is -2.53. The van der Waals surface area contributed by atoms with Crippen molar-refractivity contribution in [2.45, 2.75) is 50.9 Å². The van der Waals surface area contributed by atoms with Gasteiger partial charge in [0.2, 0.25) is 11.8 Å². The van der Waals surface area contributed by atoms with E-state index in [4.69, 9.17) is 4.52 Å². The molecule has 1 unspecified atom stereocenters. The monoisotopic (exact) mass is 560 g/mol. The van der Waals surface area contributed by atoms with Crippen LogP contribution in [-0.4, -0.2) is 88.9 Å². The third kappa shape index (κ3) is 4.97. The van der Waals surface area contributed by atoms with E-state index in [1.807, 2.05) is 12.1 Å². The molecule has 4 aliphatic rings. The number of amides is 3. The van der Waals surface area contributed by atoms with Gasteiger partial charge < -0.3 is 14.3 Å². The molecule has 1 atom stereocenters. The minimum absolute atomic E-state index is 0.125. The van der Waals surface area contributed by atoms with Gasteiger partial charge in [-0.1, -0.05) is 17.3 Å². The van der Waals surface area contributed by atoms with E-state index in [0.29, 0.717) is 30.2 Å². The number of hydrogen-bond donors (Lipinski definition) is 1. The molecule has 10 nitrogen and oxygen atoms in total. The number of carbonyl (C=O) groups excluding carboxylic acids is 3. The molecular formula is C30H33FN6O4. The zero-order valence-electron chi connectivity index (χ0n) is 22.9. The Bertz CT molecular complexity index is 1510. The summed E-state index contributed by atoms with van der Waals surface area (Å²) in [5, 5.41) is 7.43. The number of rotatable bonds is 5. The van der Waals surface area contributed by atoms with Gasteiger partial charge in [0.1, 0.15) is 11.9 Å². The van der Waals surface area contributed by atoms with Crippen LogP contribution in [0, 0.1) is 5.82 Å². The van der Waals surface area contributed by atoms with Crippen molar-refractivity contribution < 1.29 is 23.3 Å². The number of imide groups is 1. The summed E-state index contributed by atoms with van der Waals surface area (Å²) in [6.07, 6.45) is 2.83. The second-order valence-corrected chi connectivity index (χ2v) is 11.6. The smallest absolute Gasteiger partial charge is 0.255 e. The van der Waals surface area contributed by atoms with Crippen LogP contribution < -0.4 is 10.2 Å². The van der Waals surface area contributed by atoms with Gasteiger partial charge in [-0.15, -0.1) is 0 Å².